The highest BCUT2D eigenvalue weighted by Gasteiger charge is 2.11. The molecule has 2 N–H and O–H groups in total. The van der Waals surface area contributed by atoms with Crippen LogP contribution in [0.5, 0.6) is 0 Å². The van der Waals surface area contributed by atoms with Crippen LogP contribution in [0.3, 0.4) is 0 Å². The second kappa shape index (κ2) is 6.06. The second-order valence-corrected chi connectivity index (χ2v) is 6.34. The van der Waals surface area contributed by atoms with Gasteiger partial charge in [0.2, 0.25) is 10.0 Å². The van der Waals surface area contributed by atoms with E-state index in [9.17, 15) is 13.2 Å². The third-order valence-electron chi connectivity index (χ3n) is 1.96. The van der Waals surface area contributed by atoms with Crippen molar-refractivity contribution >= 4 is 33.2 Å². The number of carbonyl (C=O) groups excluding carboxylic acids is 1. The average molecular weight is 291 g/mol. The summed E-state index contributed by atoms with van der Waals surface area (Å²) in [6.07, 6.45) is 0. The van der Waals surface area contributed by atoms with Crippen LogP contribution in [0.2, 0.25) is 0 Å². The van der Waals surface area contributed by atoms with Crippen molar-refractivity contribution in [1.82, 2.24) is 5.32 Å². The molecule has 0 saturated heterocycles. The maximum atomic E-state index is 11.7. The predicted octanol–water partition coefficient (Wildman–Crippen LogP) is 1.76. The summed E-state index contributed by atoms with van der Waals surface area (Å²) in [6.45, 7) is 3.69. The molecule has 0 aliphatic carbocycles. The first kappa shape index (κ1) is 14.8. The molecule has 0 aliphatic heterocycles. The van der Waals surface area contributed by atoms with Crippen molar-refractivity contribution in [2.75, 3.05) is 9.93 Å². The second-order valence-electron chi connectivity index (χ2n) is 4.03. The number of halogens is 1. The number of benzene rings is 1. The molecule has 0 fully saturated rings. The van der Waals surface area contributed by atoms with Crippen LogP contribution >= 0.6 is 11.6 Å². The maximum absolute atomic E-state index is 11.7. The van der Waals surface area contributed by atoms with Crippen molar-refractivity contribution in [2.45, 2.75) is 19.9 Å². The van der Waals surface area contributed by atoms with E-state index in [2.05, 4.69) is 10.0 Å². The SMILES string of the molecule is CC(C)NC(=O)c1cccc(NS(=O)(=O)CCl)c1. The molecule has 18 heavy (non-hydrogen) atoms. The largest absolute Gasteiger partial charge is 0.350 e. The number of nitrogens with one attached hydrogen (secondary N) is 2. The number of hydrogen-bond acceptors (Lipinski definition) is 3. The van der Waals surface area contributed by atoms with E-state index in [1.807, 2.05) is 13.8 Å². The molecular weight excluding hydrogens is 276 g/mol. The van der Waals surface area contributed by atoms with Crippen molar-refractivity contribution in [3.63, 3.8) is 0 Å². The highest BCUT2D eigenvalue weighted by atomic mass is 35.5. The van der Waals surface area contributed by atoms with E-state index < -0.39 is 15.2 Å². The molecule has 1 aromatic carbocycles. The van der Waals surface area contributed by atoms with Crippen LogP contribution in [0.1, 0.15) is 24.2 Å². The molecule has 0 saturated carbocycles. The van der Waals surface area contributed by atoms with Gasteiger partial charge in [0.05, 0.1) is 0 Å². The van der Waals surface area contributed by atoms with Crippen LogP contribution < -0.4 is 10.0 Å². The van der Waals surface area contributed by atoms with Gasteiger partial charge in [0.15, 0.2) is 0 Å². The predicted molar refractivity (Wildman–Crippen MR) is 72.3 cm³/mol. The summed E-state index contributed by atoms with van der Waals surface area (Å²) >= 11 is 5.28. The standard InChI is InChI=1S/C11H15ClN2O3S/c1-8(2)13-11(15)9-4-3-5-10(6-9)14-18(16,17)7-12/h3-6,8,14H,7H2,1-2H3,(H,13,15). The normalized spacial score (nSPS) is 11.3. The first-order valence-electron chi connectivity index (χ1n) is 5.31. The lowest BCUT2D eigenvalue weighted by Gasteiger charge is -2.10. The van der Waals surface area contributed by atoms with E-state index in [0.29, 0.717) is 11.3 Å². The molecule has 0 unspecified atom stereocenters. The van der Waals surface area contributed by atoms with Gasteiger partial charge in [-0.15, -0.1) is 11.6 Å². The van der Waals surface area contributed by atoms with E-state index in [4.69, 9.17) is 11.6 Å². The number of alkyl halides is 1. The molecule has 100 valence electrons. The van der Waals surface area contributed by atoms with Gasteiger partial charge in [-0.25, -0.2) is 8.42 Å². The Hall–Kier alpha value is -1.27. The summed E-state index contributed by atoms with van der Waals surface area (Å²) < 4.78 is 24.8. The molecule has 0 bridgehead atoms. The fraction of sp³-hybridized carbons (Fsp3) is 0.364. The van der Waals surface area contributed by atoms with Gasteiger partial charge < -0.3 is 5.32 Å². The number of amides is 1. The van der Waals surface area contributed by atoms with Crippen LogP contribution in [0.25, 0.3) is 0 Å². The minimum Gasteiger partial charge on any atom is -0.350 e. The summed E-state index contributed by atoms with van der Waals surface area (Å²) in [6, 6.07) is 6.23. The molecule has 0 atom stereocenters. The van der Waals surface area contributed by atoms with E-state index in [-0.39, 0.29) is 11.9 Å². The Labute approximate surface area is 112 Å². The van der Waals surface area contributed by atoms with Gasteiger partial charge in [0, 0.05) is 17.3 Å². The maximum Gasteiger partial charge on any atom is 0.251 e. The molecule has 1 rings (SSSR count). The molecule has 1 amide bonds. The minimum atomic E-state index is -3.55. The summed E-state index contributed by atoms with van der Waals surface area (Å²) in [5.41, 5.74) is 0.700. The van der Waals surface area contributed by atoms with Crippen LogP contribution in [-0.2, 0) is 10.0 Å². The Bertz CT molecular complexity index is 529. The van der Waals surface area contributed by atoms with E-state index in [0.717, 1.165) is 0 Å². The quantitative estimate of drug-likeness (QED) is 0.812. The minimum absolute atomic E-state index is 0.0145. The molecule has 0 aliphatic rings. The number of rotatable bonds is 5. The fourth-order valence-corrected chi connectivity index (χ4v) is 1.98. The molecule has 5 nitrogen and oxygen atoms in total. The van der Waals surface area contributed by atoms with Crippen molar-refractivity contribution < 1.29 is 13.2 Å². The summed E-state index contributed by atoms with van der Waals surface area (Å²) in [5.74, 6) is -0.253. The fourth-order valence-electron chi connectivity index (χ4n) is 1.28. The number of sulfonamides is 1. The van der Waals surface area contributed by atoms with Gasteiger partial charge in [-0.1, -0.05) is 6.07 Å². The monoisotopic (exact) mass is 290 g/mol. The highest BCUT2D eigenvalue weighted by molar-refractivity contribution is 7.93. The summed E-state index contributed by atoms with van der Waals surface area (Å²) in [7, 11) is -3.55. The molecule has 0 heterocycles. The number of carbonyl (C=O) groups is 1. The lowest BCUT2D eigenvalue weighted by atomic mass is 10.2. The zero-order valence-electron chi connectivity index (χ0n) is 10.1. The van der Waals surface area contributed by atoms with Gasteiger partial charge >= 0.3 is 0 Å². The number of hydrogen-bond donors (Lipinski definition) is 2. The smallest absolute Gasteiger partial charge is 0.251 e. The summed E-state index contributed by atoms with van der Waals surface area (Å²) in [4.78, 5) is 11.7. The van der Waals surface area contributed by atoms with E-state index in [1.165, 1.54) is 6.07 Å². The molecular formula is C11H15ClN2O3S. The zero-order valence-corrected chi connectivity index (χ0v) is 11.7. The van der Waals surface area contributed by atoms with E-state index in [1.54, 1.807) is 18.2 Å². The zero-order chi connectivity index (χ0) is 13.8. The van der Waals surface area contributed by atoms with Gasteiger partial charge in [-0.3, -0.25) is 9.52 Å². The van der Waals surface area contributed by atoms with Gasteiger partial charge in [-0.05, 0) is 32.0 Å². The molecule has 1 aromatic rings. The lowest BCUT2D eigenvalue weighted by molar-refractivity contribution is 0.0943. The van der Waals surface area contributed by atoms with E-state index >= 15 is 0 Å². The Morgan fingerprint density at radius 3 is 2.61 bits per heavy atom. The van der Waals surface area contributed by atoms with Crippen LogP contribution in [-0.4, -0.2) is 25.6 Å². The third-order valence-corrected chi connectivity index (χ3v) is 3.66. The van der Waals surface area contributed by atoms with Gasteiger partial charge in [-0.2, -0.15) is 0 Å². The number of anilines is 1. The van der Waals surface area contributed by atoms with Crippen molar-refractivity contribution in [1.29, 1.82) is 0 Å². The van der Waals surface area contributed by atoms with Crippen molar-refractivity contribution in [3.8, 4) is 0 Å². The topological polar surface area (TPSA) is 75.3 Å². The average Bonchev–Trinajstić information content (AvgIpc) is 2.28. The Kier molecular flexibility index (Phi) is 4.98. The molecule has 7 heteroatoms. The van der Waals surface area contributed by atoms with Crippen LogP contribution in [0.15, 0.2) is 24.3 Å². The molecule has 0 aromatic heterocycles. The first-order valence-corrected chi connectivity index (χ1v) is 7.50. The van der Waals surface area contributed by atoms with Crippen molar-refractivity contribution in [2.24, 2.45) is 0 Å². The Morgan fingerprint density at radius 2 is 2.06 bits per heavy atom. The third kappa shape index (κ3) is 4.54. The van der Waals surface area contributed by atoms with Crippen molar-refractivity contribution in [3.05, 3.63) is 29.8 Å². The molecule has 0 radical (unpaired) electrons. The molecule has 0 spiro atoms. The van der Waals surface area contributed by atoms with Crippen LogP contribution in [0.4, 0.5) is 5.69 Å². The lowest BCUT2D eigenvalue weighted by Crippen LogP contribution is -2.30. The first-order chi connectivity index (χ1) is 8.34. The van der Waals surface area contributed by atoms with Gasteiger partial charge in [0.1, 0.15) is 5.21 Å². The highest BCUT2D eigenvalue weighted by Crippen LogP contribution is 2.13. The Balaban J connectivity index is 2.89. The van der Waals surface area contributed by atoms with Gasteiger partial charge in [0.25, 0.3) is 5.91 Å². The summed E-state index contributed by atoms with van der Waals surface area (Å²) in [5, 5.41) is 2.19. The van der Waals surface area contributed by atoms with Crippen LogP contribution in [0, 0.1) is 0 Å². The Morgan fingerprint density at radius 1 is 1.39 bits per heavy atom.